The third kappa shape index (κ3) is 11.8. The molecule has 1 aliphatic heterocycles. The summed E-state index contributed by atoms with van der Waals surface area (Å²) in [5, 5.41) is 19.5. The van der Waals surface area contributed by atoms with Crippen molar-refractivity contribution in [3.05, 3.63) is 143 Å². The Balaban J connectivity index is 0.000000252. The van der Waals surface area contributed by atoms with Crippen molar-refractivity contribution in [1.29, 1.82) is 0 Å². The monoisotopic (exact) mass is 868 g/mol. The van der Waals surface area contributed by atoms with Gasteiger partial charge in [-0.05, 0) is 141 Å². The number of carbonyl (C=O) groups excluding carboxylic acids is 2. The van der Waals surface area contributed by atoms with E-state index in [0.29, 0.717) is 39.0 Å². The molecule has 0 bridgehead atoms. The average molecular weight is 869 g/mol. The molecule has 2 aliphatic rings. The summed E-state index contributed by atoms with van der Waals surface area (Å²) in [6.07, 6.45) is 3.48. The third-order valence-electron chi connectivity index (χ3n) is 11.3. The first kappa shape index (κ1) is 50.7. The first-order valence-corrected chi connectivity index (χ1v) is 22.3. The maximum absolute atomic E-state index is 12.3. The van der Waals surface area contributed by atoms with Gasteiger partial charge in [0.2, 0.25) is 0 Å². The van der Waals surface area contributed by atoms with Crippen LogP contribution in [-0.2, 0) is 15.6 Å². The quantitative estimate of drug-likeness (QED) is 0.115. The zero-order valence-corrected chi connectivity index (χ0v) is 40.4. The van der Waals surface area contributed by atoms with E-state index in [-0.39, 0.29) is 16.2 Å². The molecule has 0 atom stereocenters. The number of aromatic carboxylic acids is 1. The van der Waals surface area contributed by atoms with Crippen LogP contribution < -0.4 is 9.47 Å². The van der Waals surface area contributed by atoms with Crippen LogP contribution in [0.5, 0.6) is 23.0 Å². The van der Waals surface area contributed by atoms with Crippen LogP contribution in [0.2, 0.25) is 0 Å². The minimum atomic E-state index is -0.911. The van der Waals surface area contributed by atoms with Gasteiger partial charge < -0.3 is 24.4 Å². The second kappa shape index (κ2) is 20.7. The van der Waals surface area contributed by atoms with Crippen molar-refractivity contribution in [2.45, 2.75) is 120 Å². The van der Waals surface area contributed by atoms with E-state index in [4.69, 9.17) is 19.3 Å². The SMILES string of the molecule is CC.CC.CC(C)(C)CC(C)(C)c1ccc(Oc2cc3c4c(cccc4c2)C(=O)OC3=O)cc1.CO.Cc1cc(Oc2ccc(C3(C)CC(C)(C)C3)cc2)cc2cccc(C(=O)O)c12. The number of esters is 2. The van der Waals surface area contributed by atoms with Gasteiger partial charge in [-0.15, -0.1) is 0 Å². The molecular weight excluding hydrogens is 801 g/mol. The Labute approximate surface area is 380 Å². The summed E-state index contributed by atoms with van der Waals surface area (Å²) in [7, 11) is 1.00. The molecule has 64 heavy (non-hydrogen) atoms. The van der Waals surface area contributed by atoms with Gasteiger partial charge >= 0.3 is 17.9 Å². The number of cyclic esters (lactones) is 2. The first-order valence-electron chi connectivity index (χ1n) is 22.3. The van der Waals surface area contributed by atoms with E-state index in [1.807, 2.05) is 89.2 Å². The molecule has 0 amide bonds. The van der Waals surface area contributed by atoms with Crippen LogP contribution in [0.3, 0.4) is 0 Å². The highest BCUT2D eigenvalue weighted by Crippen LogP contribution is 2.55. The normalized spacial score (nSPS) is 14.4. The molecule has 1 saturated carbocycles. The van der Waals surface area contributed by atoms with Crippen molar-refractivity contribution in [1.82, 2.24) is 0 Å². The first-order chi connectivity index (χ1) is 30.2. The molecule has 8 heteroatoms. The Hall–Kier alpha value is -5.99. The fourth-order valence-electron chi connectivity index (χ4n) is 9.70. The van der Waals surface area contributed by atoms with Crippen molar-refractivity contribution < 1.29 is 38.8 Å². The summed E-state index contributed by atoms with van der Waals surface area (Å²) >= 11 is 0. The van der Waals surface area contributed by atoms with Gasteiger partial charge in [0.05, 0.1) is 16.7 Å². The van der Waals surface area contributed by atoms with Crippen molar-refractivity contribution in [3.8, 4) is 23.0 Å². The van der Waals surface area contributed by atoms with Crippen LogP contribution >= 0.6 is 0 Å². The Morgan fingerprint density at radius 3 is 1.64 bits per heavy atom. The molecule has 1 fully saturated rings. The highest BCUT2D eigenvalue weighted by atomic mass is 16.6. The highest BCUT2D eigenvalue weighted by molar-refractivity contribution is 6.21. The lowest BCUT2D eigenvalue weighted by Crippen LogP contribution is -2.44. The lowest BCUT2D eigenvalue weighted by atomic mass is 9.53. The number of aliphatic hydroxyl groups excluding tert-OH is 1. The maximum atomic E-state index is 12.3. The number of ether oxygens (including phenoxy) is 3. The number of carbonyl (C=O) groups is 3. The van der Waals surface area contributed by atoms with Gasteiger partial charge in [-0.25, -0.2) is 14.4 Å². The third-order valence-corrected chi connectivity index (χ3v) is 11.3. The summed E-state index contributed by atoms with van der Waals surface area (Å²) in [5.41, 5.74) is 5.56. The van der Waals surface area contributed by atoms with Gasteiger partial charge in [0, 0.05) is 12.5 Å². The van der Waals surface area contributed by atoms with Crippen molar-refractivity contribution in [3.63, 3.8) is 0 Å². The predicted octanol–water partition coefficient (Wildman–Crippen LogP) is 15.0. The van der Waals surface area contributed by atoms with E-state index in [0.717, 1.165) is 46.8 Å². The average Bonchev–Trinajstić information content (AvgIpc) is 3.23. The van der Waals surface area contributed by atoms with Crippen LogP contribution in [0.25, 0.3) is 21.5 Å². The number of carboxylic acid groups (broad SMARTS) is 1. The lowest BCUT2D eigenvalue weighted by molar-refractivity contribution is 0.0390. The zero-order valence-electron chi connectivity index (χ0n) is 40.4. The fourth-order valence-corrected chi connectivity index (χ4v) is 9.70. The molecule has 0 unspecified atom stereocenters. The number of fused-ring (bicyclic) bond motifs is 1. The molecule has 6 aromatic carbocycles. The standard InChI is InChI=1S/C26H26O4.C25H26O3.2C2H6.CH4O/c1-25(2,3)15-26(4,5)17-9-11-18(12-10-17)29-19-13-16-7-6-8-20-22(16)21(14-19)24(28)30-23(20)27;1-16-12-20(13-17-6-5-7-21(22(16)17)23(26)27)28-19-10-8-18(9-11-19)25(4)14-24(2,3)15-25;3*1-2/h6-14H,15H2,1-5H3;5-13H,14-15H2,1-4H3,(H,26,27);2*1-2H3;2H,1H3. The van der Waals surface area contributed by atoms with E-state index in [1.54, 1.807) is 30.3 Å². The van der Waals surface area contributed by atoms with E-state index in [2.05, 4.69) is 79.7 Å². The number of benzene rings is 6. The Morgan fingerprint density at radius 2 is 1.12 bits per heavy atom. The molecule has 2 N–H and O–H groups in total. The van der Waals surface area contributed by atoms with Gasteiger partial charge in [0.25, 0.3) is 0 Å². The number of hydrogen-bond donors (Lipinski definition) is 2. The van der Waals surface area contributed by atoms with Crippen molar-refractivity contribution in [2.75, 3.05) is 7.11 Å². The van der Waals surface area contributed by atoms with E-state index in [1.165, 1.54) is 24.0 Å². The van der Waals surface area contributed by atoms with Crippen LogP contribution in [0.4, 0.5) is 0 Å². The number of rotatable bonds is 8. The molecule has 340 valence electrons. The molecule has 1 heterocycles. The smallest absolute Gasteiger partial charge is 0.346 e. The Bertz CT molecular complexity index is 2570. The number of aliphatic hydroxyl groups is 1. The number of carboxylic acids is 1. The number of aryl methyl sites for hydroxylation is 1. The Morgan fingerprint density at radius 1 is 0.641 bits per heavy atom. The summed E-state index contributed by atoms with van der Waals surface area (Å²) in [5.74, 6) is 0.561. The molecule has 8 rings (SSSR count). The lowest BCUT2D eigenvalue weighted by Gasteiger charge is -2.52. The van der Waals surface area contributed by atoms with Gasteiger partial charge in [-0.3, -0.25) is 0 Å². The van der Waals surface area contributed by atoms with E-state index in [9.17, 15) is 19.5 Å². The maximum Gasteiger partial charge on any atom is 0.346 e. The van der Waals surface area contributed by atoms with Gasteiger partial charge in [0.15, 0.2) is 0 Å². The minimum Gasteiger partial charge on any atom is -0.478 e. The molecular formula is C56H68O8. The van der Waals surface area contributed by atoms with Crippen molar-refractivity contribution >= 4 is 39.5 Å². The van der Waals surface area contributed by atoms with Crippen LogP contribution in [0.1, 0.15) is 150 Å². The molecule has 0 aromatic heterocycles. The topological polar surface area (TPSA) is 119 Å². The van der Waals surface area contributed by atoms with Crippen molar-refractivity contribution in [2.24, 2.45) is 10.8 Å². The fraction of sp³-hybridized carbons (Fsp3) is 0.375. The second-order valence-corrected chi connectivity index (χ2v) is 19.0. The van der Waals surface area contributed by atoms with Crippen LogP contribution in [0.15, 0.2) is 109 Å². The summed E-state index contributed by atoms with van der Waals surface area (Å²) in [6.45, 7) is 28.2. The molecule has 8 nitrogen and oxygen atoms in total. The van der Waals surface area contributed by atoms with Gasteiger partial charge in [-0.2, -0.15) is 0 Å². The van der Waals surface area contributed by atoms with E-state index >= 15 is 0 Å². The molecule has 0 spiro atoms. The Kier molecular flexibility index (Phi) is 16.4. The molecule has 1 aliphatic carbocycles. The number of hydrogen-bond acceptors (Lipinski definition) is 7. The molecule has 6 aromatic rings. The second-order valence-electron chi connectivity index (χ2n) is 19.0. The zero-order chi connectivity index (χ0) is 47.8. The molecule has 0 radical (unpaired) electrons. The molecule has 0 saturated heterocycles. The van der Waals surface area contributed by atoms with Crippen LogP contribution in [-0.4, -0.2) is 35.2 Å². The summed E-state index contributed by atoms with van der Waals surface area (Å²) in [6, 6.07) is 34.4. The highest BCUT2D eigenvalue weighted by Gasteiger charge is 2.46. The van der Waals surface area contributed by atoms with Gasteiger partial charge in [0.1, 0.15) is 23.0 Å². The minimum absolute atomic E-state index is 0.0522. The van der Waals surface area contributed by atoms with Crippen LogP contribution in [0, 0.1) is 17.8 Å². The largest absolute Gasteiger partial charge is 0.478 e. The summed E-state index contributed by atoms with van der Waals surface area (Å²) < 4.78 is 17.0. The summed E-state index contributed by atoms with van der Waals surface area (Å²) in [4.78, 5) is 35.7. The van der Waals surface area contributed by atoms with E-state index < -0.39 is 17.9 Å². The van der Waals surface area contributed by atoms with Gasteiger partial charge in [-0.1, -0.05) is 132 Å². The predicted molar refractivity (Wildman–Crippen MR) is 261 cm³/mol.